The molecule has 0 bridgehead atoms. The van der Waals surface area contributed by atoms with Crippen molar-refractivity contribution in [1.82, 2.24) is 15.1 Å². The number of aromatic amines is 2. The van der Waals surface area contributed by atoms with Gasteiger partial charge in [0.25, 0.3) is 11.5 Å². The van der Waals surface area contributed by atoms with Crippen molar-refractivity contribution >= 4 is 17.6 Å². The maximum atomic E-state index is 13.4. The minimum Gasteiger partial charge on any atom is -0.497 e. The van der Waals surface area contributed by atoms with Crippen molar-refractivity contribution in [3.63, 3.8) is 0 Å². The van der Waals surface area contributed by atoms with Gasteiger partial charge in [-0.05, 0) is 64.4 Å². The number of hydrogen-bond acceptors (Lipinski definition) is 8. The number of carbonyl (C=O) groups is 1. The number of hydrogen-bond donors (Lipinski definition) is 2. The highest BCUT2D eigenvalue weighted by Crippen LogP contribution is 2.42. The number of nitrogens with zero attached hydrogens (tertiary/aromatic N) is 2. The average Bonchev–Trinajstić information content (AvgIpc) is 3.76. The molecule has 3 aromatic carbocycles. The van der Waals surface area contributed by atoms with Crippen LogP contribution in [0.5, 0.6) is 23.0 Å². The number of methoxy groups -OCH3 is 1. The summed E-state index contributed by atoms with van der Waals surface area (Å²) in [5.74, 6) is 1.28. The van der Waals surface area contributed by atoms with Crippen LogP contribution in [0.15, 0.2) is 86.9 Å². The summed E-state index contributed by atoms with van der Waals surface area (Å²) in [7, 11) is 1.57. The van der Waals surface area contributed by atoms with E-state index in [9.17, 15) is 14.4 Å². The Labute approximate surface area is 243 Å². The summed E-state index contributed by atoms with van der Waals surface area (Å²) in [6.07, 6.45) is 1.92. The molecule has 1 aliphatic carbocycles. The van der Waals surface area contributed by atoms with E-state index in [0.717, 1.165) is 5.56 Å². The summed E-state index contributed by atoms with van der Waals surface area (Å²) < 4.78 is 29.9. The van der Waals surface area contributed by atoms with Crippen molar-refractivity contribution in [1.29, 1.82) is 0 Å². The molecular formula is C31H25N4O8+. The van der Waals surface area contributed by atoms with Crippen molar-refractivity contribution in [2.45, 2.75) is 12.3 Å². The standard InChI is InChI=1S/C31H24N4O8/c1-39-21-10-8-20(9-11-21)34-29(31(38)43-33-34)19-13-23(18-7-12-25-26(15-18)42-17-41-25)28-24(14-19)35(32-30(28)37)27(36)16-40-22-5-3-2-4-6-22/h2-12,14-15,23H,13,16-17H2,1H3,(H-,32,33,37,38)/p+1. The van der Waals surface area contributed by atoms with Gasteiger partial charge in [0.05, 0.1) is 18.4 Å². The third-order valence-corrected chi connectivity index (χ3v) is 7.49. The smallest absolute Gasteiger partial charge is 0.435 e. The number of rotatable bonds is 7. The van der Waals surface area contributed by atoms with Crippen molar-refractivity contribution < 1.29 is 32.9 Å². The summed E-state index contributed by atoms with van der Waals surface area (Å²) in [5, 5.41) is 5.35. The predicted octanol–water partition coefficient (Wildman–Crippen LogP) is 3.27. The van der Waals surface area contributed by atoms with Gasteiger partial charge in [-0.2, -0.15) is 0 Å². The molecule has 12 heteroatoms. The molecule has 0 radical (unpaired) electrons. The number of fused-ring (bicyclic) bond motifs is 2. The van der Waals surface area contributed by atoms with Crippen LogP contribution in [-0.4, -0.2) is 41.5 Å². The largest absolute Gasteiger partial charge is 0.497 e. The molecule has 0 spiro atoms. The zero-order valence-electron chi connectivity index (χ0n) is 22.9. The Balaban J connectivity index is 1.35. The minimum atomic E-state index is -0.613. The first-order valence-corrected chi connectivity index (χ1v) is 13.4. The molecule has 43 heavy (non-hydrogen) atoms. The fraction of sp³-hybridized carbons (Fsp3) is 0.161. The van der Waals surface area contributed by atoms with Crippen LogP contribution >= 0.6 is 0 Å². The van der Waals surface area contributed by atoms with Crippen molar-refractivity contribution in [3.8, 4) is 28.7 Å². The van der Waals surface area contributed by atoms with E-state index in [2.05, 4.69) is 10.4 Å². The van der Waals surface area contributed by atoms with Gasteiger partial charge in [0.15, 0.2) is 18.1 Å². The van der Waals surface area contributed by atoms with Crippen LogP contribution in [0.1, 0.15) is 39.6 Å². The fourth-order valence-corrected chi connectivity index (χ4v) is 5.45. The van der Waals surface area contributed by atoms with E-state index in [4.69, 9.17) is 23.5 Å². The maximum Gasteiger partial charge on any atom is 0.435 e. The molecule has 2 aromatic heterocycles. The van der Waals surface area contributed by atoms with Gasteiger partial charge in [0.1, 0.15) is 11.5 Å². The lowest BCUT2D eigenvalue weighted by atomic mass is 9.80. The zero-order valence-corrected chi connectivity index (χ0v) is 22.9. The molecule has 216 valence electrons. The number of aromatic nitrogens is 4. The van der Waals surface area contributed by atoms with Gasteiger partial charge >= 0.3 is 11.3 Å². The zero-order chi connectivity index (χ0) is 29.5. The summed E-state index contributed by atoms with van der Waals surface area (Å²) in [5.41, 5.74) is 1.79. The number of para-hydroxylation sites is 1. The first-order chi connectivity index (χ1) is 21.0. The molecule has 2 N–H and O–H groups in total. The number of allylic oxidation sites excluding steroid dienone is 1. The van der Waals surface area contributed by atoms with Crippen LogP contribution in [0, 0.1) is 0 Å². The van der Waals surface area contributed by atoms with E-state index in [1.54, 1.807) is 67.8 Å². The third-order valence-electron chi connectivity index (χ3n) is 7.49. The Morgan fingerprint density at radius 3 is 2.58 bits per heavy atom. The second kappa shape index (κ2) is 10.6. The van der Waals surface area contributed by atoms with Crippen LogP contribution < -0.4 is 34.8 Å². The quantitative estimate of drug-likeness (QED) is 0.279. The fourth-order valence-electron chi connectivity index (χ4n) is 5.45. The molecule has 12 nitrogen and oxygen atoms in total. The van der Waals surface area contributed by atoms with Crippen LogP contribution in [-0.2, 0) is 0 Å². The first kappa shape index (κ1) is 26.1. The SMILES string of the molecule is COc1ccc(-[n+]2[nH]oc(=O)c2C2=Cc3c(c(=O)[nH]n3C(=O)COc3ccccc3)C(c3ccc4c(c3)OCO4)C2)cc1. The van der Waals surface area contributed by atoms with Crippen molar-refractivity contribution in [2.24, 2.45) is 0 Å². The van der Waals surface area contributed by atoms with Crippen LogP contribution in [0.3, 0.4) is 0 Å². The lowest BCUT2D eigenvalue weighted by molar-refractivity contribution is -0.672. The highest BCUT2D eigenvalue weighted by atomic mass is 16.7. The van der Waals surface area contributed by atoms with E-state index in [1.807, 2.05) is 18.2 Å². The first-order valence-electron chi connectivity index (χ1n) is 13.4. The van der Waals surface area contributed by atoms with Gasteiger partial charge in [-0.3, -0.25) is 19.2 Å². The van der Waals surface area contributed by atoms with Crippen molar-refractivity contribution in [3.05, 3.63) is 116 Å². The van der Waals surface area contributed by atoms with E-state index >= 15 is 0 Å². The van der Waals surface area contributed by atoms with Crippen LogP contribution in [0.25, 0.3) is 17.3 Å². The summed E-state index contributed by atoms with van der Waals surface area (Å²) >= 11 is 0. The molecule has 1 unspecified atom stereocenters. The topological polar surface area (TPSA) is 142 Å². The number of carbonyl (C=O) groups excluding carboxylic acids is 1. The number of nitrogens with one attached hydrogen (secondary N) is 2. The summed E-state index contributed by atoms with van der Waals surface area (Å²) in [6.45, 7) is -0.226. The van der Waals surface area contributed by atoms with E-state index in [-0.39, 0.29) is 25.5 Å². The maximum absolute atomic E-state index is 13.4. The highest BCUT2D eigenvalue weighted by molar-refractivity contribution is 5.88. The molecule has 0 amide bonds. The lowest BCUT2D eigenvalue weighted by Crippen LogP contribution is -2.38. The second-order valence-electron chi connectivity index (χ2n) is 9.97. The van der Waals surface area contributed by atoms with Gasteiger partial charge < -0.3 is 18.9 Å². The van der Waals surface area contributed by atoms with Gasteiger partial charge in [-0.1, -0.05) is 24.3 Å². The average molecular weight is 582 g/mol. The number of H-pyrrole nitrogens is 2. The number of benzene rings is 3. The van der Waals surface area contributed by atoms with Gasteiger partial charge in [0, 0.05) is 23.6 Å². The van der Waals surface area contributed by atoms with Gasteiger partial charge in [-0.15, -0.1) is 0 Å². The normalized spacial score (nSPS) is 15.1. The summed E-state index contributed by atoms with van der Waals surface area (Å²) in [6, 6.07) is 21.4. The molecule has 7 rings (SSSR count). The van der Waals surface area contributed by atoms with Crippen molar-refractivity contribution in [2.75, 3.05) is 20.5 Å². The highest BCUT2D eigenvalue weighted by Gasteiger charge is 2.37. The molecule has 0 saturated heterocycles. The molecule has 0 saturated carbocycles. The van der Waals surface area contributed by atoms with E-state index in [0.29, 0.717) is 45.5 Å². The minimum absolute atomic E-state index is 0.0962. The van der Waals surface area contributed by atoms with Gasteiger partial charge in [0.2, 0.25) is 12.5 Å². The monoisotopic (exact) mass is 581 g/mol. The third kappa shape index (κ3) is 4.68. The Hall–Kier alpha value is -5.78. The molecule has 3 heterocycles. The predicted molar refractivity (Wildman–Crippen MR) is 152 cm³/mol. The summed E-state index contributed by atoms with van der Waals surface area (Å²) in [4.78, 5) is 40.0. The van der Waals surface area contributed by atoms with E-state index in [1.165, 1.54) is 9.36 Å². The molecule has 2 aliphatic rings. The molecule has 1 aliphatic heterocycles. The molecule has 0 fully saturated rings. The molecule has 1 atom stereocenters. The Morgan fingerprint density at radius 2 is 1.79 bits per heavy atom. The lowest BCUT2D eigenvalue weighted by Gasteiger charge is -2.22. The van der Waals surface area contributed by atoms with Crippen LogP contribution in [0.4, 0.5) is 0 Å². The van der Waals surface area contributed by atoms with E-state index < -0.39 is 23.0 Å². The second-order valence-corrected chi connectivity index (χ2v) is 9.97. The Bertz CT molecular complexity index is 1980. The van der Waals surface area contributed by atoms with Gasteiger partial charge in [-0.25, -0.2) is 9.48 Å². The Kier molecular flexibility index (Phi) is 6.42. The molecule has 5 aromatic rings. The number of ether oxygens (including phenoxy) is 4. The molecular weight excluding hydrogens is 556 g/mol. The Morgan fingerprint density at radius 1 is 1.00 bits per heavy atom. The van der Waals surface area contributed by atoms with Crippen LogP contribution in [0.2, 0.25) is 0 Å².